The Morgan fingerprint density at radius 1 is 1.37 bits per heavy atom. The molecule has 0 spiro atoms. The average molecular weight is 284 g/mol. The van der Waals surface area contributed by atoms with E-state index in [1.807, 2.05) is 0 Å². The van der Waals surface area contributed by atoms with Gasteiger partial charge in [0.05, 0.1) is 6.04 Å². The number of hydrogen-bond donors (Lipinski definition) is 0. The molecular formula is C11H8F2N3O2S-. The highest BCUT2D eigenvalue weighted by Crippen LogP contribution is 2.39. The maximum Gasteiger partial charge on any atom is 0.225 e. The summed E-state index contributed by atoms with van der Waals surface area (Å²) in [6, 6.07) is 5.12. The fourth-order valence-corrected chi connectivity index (χ4v) is 2.51. The molecule has 19 heavy (non-hydrogen) atoms. The number of aromatic nitrogens is 3. The molecule has 2 heterocycles. The maximum absolute atomic E-state index is 13.8. The second-order valence-corrected chi connectivity index (χ2v) is 5.04. The van der Waals surface area contributed by atoms with Gasteiger partial charge in [-0.15, -0.1) is 5.10 Å². The van der Waals surface area contributed by atoms with Gasteiger partial charge in [-0.05, 0) is 17.7 Å². The number of halogens is 2. The van der Waals surface area contributed by atoms with Crippen LogP contribution in [0.2, 0.25) is 0 Å². The first kappa shape index (κ1) is 12.4. The molecule has 0 N–H and O–H groups in total. The zero-order valence-electron chi connectivity index (χ0n) is 9.49. The quantitative estimate of drug-likeness (QED) is 0.786. The third kappa shape index (κ3) is 2.06. The van der Waals surface area contributed by atoms with Gasteiger partial charge in [-0.25, -0.2) is 18.4 Å². The van der Waals surface area contributed by atoms with E-state index in [9.17, 15) is 17.5 Å². The van der Waals surface area contributed by atoms with Gasteiger partial charge in [-0.2, -0.15) is 0 Å². The highest BCUT2D eigenvalue weighted by Gasteiger charge is 2.35. The summed E-state index contributed by atoms with van der Waals surface area (Å²) in [7, 11) is 0. The van der Waals surface area contributed by atoms with Crippen molar-refractivity contribution in [2.45, 2.75) is 23.8 Å². The third-order valence-corrected chi connectivity index (χ3v) is 3.52. The van der Waals surface area contributed by atoms with Crippen LogP contribution in [0.25, 0.3) is 0 Å². The minimum atomic E-state index is -2.60. The smallest absolute Gasteiger partial charge is 0.225 e. The van der Waals surface area contributed by atoms with E-state index in [1.165, 1.54) is 28.9 Å². The van der Waals surface area contributed by atoms with Gasteiger partial charge in [0.1, 0.15) is 5.82 Å². The Labute approximate surface area is 109 Å². The first-order valence-corrected chi connectivity index (χ1v) is 6.59. The average Bonchev–Trinajstić information content (AvgIpc) is 2.92. The predicted molar refractivity (Wildman–Crippen MR) is 60.2 cm³/mol. The summed E-state index contributed by atoms with van der Waals surface area (Å²) >= 11 is -2.60. The van der Waals surface area contributed by atoms with E-state index in [4.69, 9.17) is 0 Å². The molecule has 0 bridgehead atoms. The van der Waals surface area contributed by atoms with Crippen molar-refractivity contribution in [3.8, 4) is 0 Å². The van der Waals surface area contributed by atoms with Crippen LogP contribution in [0.15, 0.2) is 29.4 Å². The van der Waals surface area contributed by atoms with E-state index in [-0.39, 0.29) is 12.2 Å². The summed E-state index contributed by atoms with van der Waals surface area (Å²) in [4.78, 5) is 3.65. The molecule has 1 unspecified atom stereocenters. The molecule has 2 aromatic rings. The fraction of sp³-hybridized carbons (Fsp3) is 0.273. The van der Waals surface area contributed by atoms with Crippen LogP contribution in [-0.4, -0.2) is 23.5 Å². The van der Waals surface area contributed by atoms with Crippen molar-refractivity contribution < 1.29 is 17.5 Å². The molecule has 1 aromatic heterocycles. The Morgan fingerprint density at radius 2 is 2.05 bits per heavy atom. The highest BCUT2D eigenvalue weighted by molar-refractivity contribution is 7.78. The van der Waals surface area contributed by atoms with E-state index in [2.05, 4.69) is 10.1 Å². The summed E-state index contributed by atoms with van der Waals surface area (Å²) in [5, 5.41) is 3.35. The van der Waals surface area contributed by atoms with Crippen LogP contribution in [0, 0.1) is 5.82 Å². The molecule has 1 aliphatic heterocycles. The zero-order chi connectivity index (χ0) is 13.6. The zero-order valence-corrected chi connectivity index (χ0v) is 10.3. The lowest BCUT2D eigenvalue weighted by molar-refractivity contribution is 0.326. The van der Waals surface area contributed by atoms with E-state index >= 15 is 0 Å². The normalized spacial score (nSPS) is 23.3. The molecule has 0 amide bonds. The number of fused-ring (bicyclic) bond motifs is 1. The summed E-state index contributed by atoms with van der Waals surface area (Å²) < 4.78 is 49.5. The number of alkyl halides is 1. The van der Waals surface area contributed by atoms with E-state index in [1.54, 1.807) is 0 Å². The van der Waals surface area contributed by atoms with E-state index < -0.39 is 34.3 Å². The molecule has 0 fully saturated rings. The molecule has 100 valence electrons. The molecule has 8 heteroatoms. The predicted octanol–water partition coefficient (Wildman–Crippen LogP) is 1.66. The lowest BCUT2D eigenvalue weighted by Crippen LogP contribution is -2.08. The van der Waals surface area contributed by atoms with Crippen LogP contribution < -0.4 is 0 Å². The Balaban J connectivity index is 2.03. The molecule has 0 saturated heterocycles. The molecule has 1 aliphatic rings. The standard InChI is InChI=1S/C11H9F2N3O2S/c12-7-3-1-6(2-4-7)9-5-8(13)10-14-11(19(17)18)15-16(9)10/h1-4,8-9H,5H2,(H,17,18)/p-1/t8-,9-/m0/s1. The van der Waals surface area contributed by atoms with Gasteiger partial charge < -0.3 is 4.55 Å². The number of benzene rings is 1. The van der Waals surface area contributed by atoms with Crippen LogP contribution in [0.1, 0.15) is 30.0 Å². The molecule has 3 rings (SSSR count). The summed E-state index contributed by atoms with van der Waals surface area (Å²) in [6.07, 6.45) is -1.26. The van der Waals surface area contributed by atoms with Crippen molar-refractivity contribution in [1.29, 1.82) is 0 Å². The van der Waals surface area contributed by atoms with Gasteiger partial charge in [0, 0.05) is 17.5 Å². The van der Waals surface area contributed by atoms with Crippen LogP contribution >= 0.6 is 0 Å². The van der Waals surface area contributed by atoms with E-state index in [0.717, 1.165) is 0 Å². The molecule has 1 aromatic carbocycles. The van der Waals surface area contributed by atoms with E-state index in [0.29, 0.717) is 5.56 Å². The van der Waals surface area contributed by atoms with Gasteiger partial charge in [-0.1, -0.05) is 12.1 Å². The summed E-state index contributed by atoms with van der Waals surface area (Å²) in [5.41, 5.74) is 0.663. The van der Waals surface area contributed by atoms with Crippen molar-refractivity contribution in [3.05, 3.63) is 41.5 Å². The van der Waals surface area contributed by atoms with Crippen molar-refractivity contribution in [1.82, 2.24) is 14.8 Å². The Kier molecular flexibility index (Phi) is 2.90. The van der Waals surface area contributed by atoms with Gasteiger partial charge >= 0.3 is 0 Å². The minimum Gasteiger partial charge on any atom is -0.766 e. The Hall–Kier alpha value is -1.67. The maximum atomic E-state index is 13.8. The van der Waals surface area contributed by atoms with Crippen molar-refractivity contribution >= 4 is 11.1 Å². The first-order valence-electron chi connectivity index (χ1n) is 5.51. The van der Waals surface area contributed by atoms with Gasteiger partial charge in [0.2, 0.25) is 5.16 Å². The Morgan fingerprint density at radius 3 is 2.68 bits per heavy atom. The van der Waals surface area contributed by atoms with Crippen molar-refractivity contribution in [2.75, 3.05) is 0 Å². The number of hydrogen-bond acceptors (Lipinski definition) is 4. The molecule has 0 radical (unpaired) electrons. The van der Waals surface area contributed by atoms with Gasteiger partial charge in [0.25, 0.3) is 0 Å². The lowest BCUT2D eigenvalue weighted by atomic mass is 10.0. The molecule has 3 atom stereocenters. The van der Waals surface area contributed by atoms with Crippen LogP contribution in [0.5, 0.6) is 0 Å². The van der Waals surface area contributed by atoms with Crippen LogP contribution in [-0.2, 0) is 11.1 Å². The highest BCUT2D eigenvalue weighted by atomic mass is 32.2. The Bertz CT molecular complexity index is 644. The van der Waals surface area contributed by atoms with Crippen molar-refractivity contribution in [3.63, 3.8) is 0 Å². The number of nitrogens with zero attached hydrogens (tertiary/aromatic N) is 3. The SMILES string of the molecule is O=S([O-])c1nc2n(n1)[C@H](c1ccc(F)cc1)C[C@@H]2F. The van der Waals surface area contributed by atoms with Gasteiger partial charge in [0.15, 0.2) is 12.0 Å². The first-order chi connectivity index (χ1) is 9.06. The topological polar surface area (TPSA) is 70.8 Å². The molecule has 0 saturated carbocycles. The largest absolute Gasteiger partial charge is 0.766 e. The second kappa shape index (κ2) is 4.46. The monoisotopic (exact) mass is 284 g/mol. The molecular weight excluding hydrogens is 276 g/mol. The molecule has 5 nitrogen and oxygen atoms in total. The van der Waals surface area contributed by atoms with Crippen LogP contribution in [0.3, 0.4) is 0 Å². The van der Waals surface area contributed by atoms with Crippen molar-refractivity contribution in [2.24, 2.45) is 0 Å². The second-order valence-electron chi connectivity index (χ2n) is 4.20. The fourth-order valence-electron chi connectivity index (χ4n) is 2.19. The lowest BCUT2D eigenvalue weighted by Gasteiger charge is -2.11. The number of rotatable bonds is 2. The summed E-state index contributed by atoms with van der Waals surface area (Å²) in [6.45, 7) is 0. The third-order valence-electron chi connectivity index (χ3n) is 3.05. The summed E-state index contributed by atoms with van der Waals surface area (Å²) in [5.74, 6) is -0.396. The van der Waals surface area contributed by atoms with Gasteiger partial charge in [-0.3, -0.25) is 4.21 Å². The molecule has 0 aliphatic carbocycles. The van der Waals surface area contributed by atoms with Crippen LogP contribution in [0.4, 0.5) is 8.78 Å². The minimum absolute atomic E-state index is 0.00600.